The average molecular weight is 315 g/mol. The van der Waals surface area contributed by atoms with E-state index in [1.807, 2.05) is 10.9 Å². The van der Waals surface area contributed by atoms with Crippen molar-refractivity contribution in [2.24, 2.45) is 0 Å². The van der Waals surface area contributed by atoms with Crippen LogP contribution in [-0.4, -0.2) is 53.1 Å². The Labute approximate surface area is 126 Å². The highest BCUT2D eigenvalue weighted by Gasteiger charge is 2.24. The summed E-state index contributed by atoms with van der Waals surface area (Å²) in [6.07, 6.45) is 4.89. The molecule has 21 heavy (non-hydrogen) atoms. The van der Waals surface area contributed by atoms with Crippen molar-refractivity contribution in [3.8, 4) is 0 Å². The Kier molecular flexibility index (Phi) is 4.69. The van der Waals surface area contributed by atoms with Crippen molar-refractivity contribution >= 4 is 10.0 Å². The van der Waals surface area contributed by atoms with Crippen LogP contribution in [0.5, 0.6) is 0 Å². The predicted octanol–water partition coefficient (Wildman–Crippen LogP) is 0.547. The second kappa shape index (κ2) is 6.02. The van der Waals surface area contributed by atoms with Crippen LogP contribution in [0, 0.1) is 0 Å². The number of nitrogens with one attached hydrogen (secondary N) is 1. The third kappa shape index (κ3) is 4.49. The summed E-state index contributed by atoms with van der Waals surface area (Å²) in [6.45, 7) is 8.09. The van der Waals surface area contributed by atoms with Gasteiger partial charge in [0.05, 0.1) is 23.7 Å². The van der Waals surface area contributed by atoms with E-state index in [2.05, 4.69) is 36.4 Å². The molecule has 7 nitrogen and oxygen atoms in total. The van der Waals surface area contributed by atoms with Crippen LogP contribution in [0.3, 0.4) is 0 Å². The van der Waals surface area contributed by atoms with E-state index in [1.54, 1.807) is 4.31 Å². The standard InChI is InChI=1S/C13H25N5O2S/c1-13(2,3)18-10-12(15-16-18)9-14-11-5-7-17(8-6-11)21(4,19)20/h10-11,14H,5-9H2,1-4H3. The van der Waals surface area contributed by atoms with Gasteiger partial charge in [-0.1, -0.05) is 5.21 Å². The second-order valence-corrected chi connectivity index (χ2v) is 8.62. The first-order valence-electron chi connectivity index (χ1n) is 7.26. The van der Waals surface area contributed by atoms with Gasteiger partial charge in [0.1, 0.15) is 0 Å². The molecule has 8 heteroatoms. The van der Waals surface area contributed by atoms with E-state index in [-0.39, 0.29) is 5.54 Å². The van der Waals surface area contributed by atoms with Gasteiger partial charge in [0.15, 0.2) is 0 Å². The molecule has 0 bridgehead atoms. The molecule has 0 aliphatic carbocycles. The lowest BCUT2D eigenvalue weighted by molar-refractivity contribution is 0.289. The lowest BCUT2D eigenvalue weighted by Gasteiger charge is -2.30. The minimum absolute atomic E-state index is 0.0634. The molecule has 2 heterocycles. The highest BCUT2D eigenvalue weighted by Crippen LogP contribution is 2.14. The highest BCUT2D eigenvalue weighted by atomic mass is 32.2. The van der Waals surface area contributed by atoms with Gasteiger partial charge in [-0.15, -0.1) is 5.10 Å². The third-order valence-electron chi connectivity index (χ3n) is 3.72. The summed E-state index contributed by atoms with van der Waals surface area (Å²) in [7, 11) is -3.05. The fraction of sp³-hybridized carbons (Fsp3) is 0.846. The van der Waals surface area contributed by atoms with E-state index < -0.39 is 10.0 Å². The van der Waals surface area contributed by atoms with Crippen molar-refractivity contribution in [3.63, 3.8) is 0 Å². The molecule has 120 valence electrons. The zero-order valence-corrected chi connectivity index (χ0v) is 14.0. The van der Waals surface area contributed by atoms with Gasteiger partial charge in [-0.3, -0.25) is 0 Å². The number of nitrogens with zero attached hydrogens (tertiary/aromatic N) is 4. The quantitative estimate of drug-likeness (QED) is 0.877. The minimum atomic E-state index is -3.05. The second-order valence-electron chi connectivity index (χ2n) is 6.64. The van der Waals surface area contributed by atoms with E-state index in [9.17, 15) is 8.42 Å². The summed E-state index contributed by atoms with van der Waals surface area (Å²) in [5.41, 5.74) is 0.849. The SMILES string of the molecule is CC(C)(C)n1cc(CNC2CCN(S(C)(=O)=O)CC2)nn1. The molecule has 0 radical (unpaired) electrons. The first kappa shape index (κ1) is 16.4. The van der Waals surface area contributed by atoms with Crippen LogP contribution in [0.4, 0.5) is 0 Å². The Bertz CT molecular complexity index is 568. The molecule has 0 atom stereocenters. The molecule has 0 saturated carbocycles. The monoisotopic (exact) mass is 315 g/mol. The summed E-state index contributed by atoms with van der Waals surface area (Å²) in [5, 5.41) is 11.7. The molecule has 1 aliphatic heterocycles. The van der Waals surface area contributed by atoms with Gasteiger partial charge in [0, 0.05) is 25.7 Å². The van der Waals surface area contributed by atoms with E-state index >= 15 is 0 Å². The van der Waals surface area contributed by atoms with Crippen molar-refractivity contribution in [2.45, 2.75) is 51.7 Å². The lowest BCUT2D eigenvalue weighted by atomic mass is 10.1. The lowest BCUT2D eigenvalue weighted by Crippen LogP contribution is -2.44. The van der Waals surface area contributed by atoms with Crippen LogP contribution >= 0.6 is 0 Å². The maximum atomic E-state index is 11.5. The zero-order chi connectivity index (χ0) is 15.7. The molecule has 0 aromatic carbocycles. The fourth-order valence-electron chi connectivity index (χ4n) is 2.35. The molecule has 0 spiro atoms. The first-order valence-corrected chi connectivity index (χ1v) is 9.11. The summed E-state index contributed by atoms with van der Waals surface area (Å²) < 4.78 is 26.3. The molecule has 1 saturated heterocycles. The van der Waals surface area contributed by atoms with E-state index in [1.165, 1.54) is 6.26 Å². The molecule has 0 amide bonds. The van der Waals surface area contributed by atoms with Crippen LogP contribution in [0.1, 0.15) is 39.3 Å². The van der Waals surface area contributed by atoms with Crippen molar-refractivity contribution < 1.29 is 8.42 Å². The van der Waals surface area contributed by atoms with Gasteiger partial charge in [-0.2, -0.15) is 0 Å². The maximum Gasteiger partial charge on any atom is 0.211 e. The Hall–Kier alpha value is -0.990. The zero-order valence-electron chi connectivity index (χ0n) is 13.2. The molecule has 1 N–H and O–H groups in total. The molecule has 2 rings (SSSR count). The number of sulfonamides is 1. The molecular weight excluding hydrogens is 290 g/mol. The Balaban J connectivity index is 1.81. The summed E-state index contributed by atoms with van der Waals surface area (Å²) >= 11 is 0. The van der Waals surface area contributed by atoms with E-state index in [0.717, 1.165) is 18.5 Å². The third-order valence-corrected chi connectivity index (χ3v) is 5.03. The molecular formula is C13H25N5O2S. The minimum Gasteiger partial charge on any atom is -0.308 e. The summed E-state index contributed by atoms with van der Waals surface area (Å²) in [4.78, 5) is 0. The molecule has 1 aromatic rings. The number of hydrogen-bond donors (Lipinski definition) is 1. The Morgan fingerprint density at radius 1 is 1.33 bits per heavy atom. The van der Waals surface area contributed by atoms with Crippen LogP contribution in [0.25, 0.3) is 0 Å². The van der Waals surface area contributed by atoms with Gasteiger partial charge >= 0.3 is 0 Å². The Morgan fingerprint density at radius 2 is 1.95 bits per heavy atom. The predicted molar refractivity (Wildman–Crippen MR) is 81.3 cm³/mol. The molecule has 1 aliphatic rings. The van der Waals surface area contributed by atoms with Gasteiger partial charge < -0.3 is 5.32 Å². The number of hydrogen-bond acceptors (Lipinski definition) is 5. The van der Waals surface area contributed by atoms with Crippen LogP contribution in [-0.2, 0) is 22.1 Å². The van der Waals surface area contributed by atoms with Crippen LogP contribution in [0.15, 0.2) is 6.20 Å². The van der Waals surface area contributed by atoms with Crippen molar-refractivity contribution in [3.05, 3.63) is 11.9 Å². The summed E-state index contributed by atoms with van der Waals surface area (Å²) in [5.74, 6) is 0. The normalized spacial score (nSPS) is 19.0. The van der Waals surface area contributed by atoms with Gasteiger partial charge in [-0.25, -0.2) is 17.4 Å². The molecule has 0 unspecified atom stereocenters. The van der Waals surface area contributed by atoms with Crippen LogP contribution in [0.2, 0.25) is 0 Å². The largest absolute Gasteiger partial charge is 0.308 e. The fourth-order valence-corrected chi connectivity index (χ4v) is 3.22. The van der Waals surface area contributed by atoms with Gasteiger partial charge in [-0.05, 0) is 33.6 Å². The topological polar surface area (TPSA) is 80.1 Å². The van der Waals surface area contributed by atoms with E-state index in [4.69, 9.17) is 0 Å². The Morgan fingerprint density at radius 3 is 2.43 bits per heavy atom. The van der Waals surface area contributed by atoms with Gasteiger partial charge in [0.25, 0.3) is 0 Å². The van der Waals surface area contributed by atoms with Crippen molar-refractivity contribution in [1.29, 1.82) is 0 Å². The average Bonchev–Trinajstić information content (AvgIpc) is 2.84. The number of rotatable bonds is 4. The molecule has 1 aromatic heterocycles. The van der Waals surface area contributed by atoms with Crippen LogP contribution < -0.4 is 5.32 Å². The molecule has 1 fully saturated rings. The first-order chi connectivity index (χ1) is 9.66. The number of aromatic nitrogens is 3. The van der Waals surface area contributed by atoms with Crippen molar-refractivity contribution in [1.82, 2.24) is 24.6 Å². The van der Waals surface area contributed by atoms with E-state index in [0.29, 0.717) is 25.7 Å². The highest BCUT2D eigenvalue weighted by molar-refractivity contribution is 7.88. The number of piperidine rings is 1. The van der Waals surface area contributed by atoms with Crippen molar-refractivity contribution in [2.75, 3.05) is 19.3 Å². The summed E-state index contributed by atoms with van der Waals surface area (Å²) in [6, 6.07) is 0.336. The van der Waals surface area contributed by atoms with Gasteiger partial charge in [0.2, 0.25) is 10.0 Å². The smallest absolute Gasteiger partial charge is 0.211 e. The maximum absolute atomic E-state index is 11.5.